The average Bonchev–Trinajstić information content (AvgIpc) is 3.15. The summed E-state index contributed by atoms with van der Waals surface area (Å²) in [5.41, 5.74) is 0. The van der Waals surface area contributed by atoms with Crippen molar-refractivity contribution in [1.82, 2.24) is 0 Å². The largest absolute Gasteiger partial charge is 0.163 e. The monoisotopic (exact) mass is 618 g/mol. The second-order valence-electron chi connectivity index (χ2n) is 10.7. The second-order valence-corrected chi connectivity index (χ2v) is 17.1. The maximum Gasteiger partial charge on any atom is 0.00229 e. The van der Waals surface area contributed by atoms with Gasteiger partial charge in [-0.15, -0.1) is 10.0 Å². The summed E-state index contributed by atoms with van der Waals surface area (Å²) in [7, 11) is -2.69. The first-order valence-electron chi connectivity index (χ1n) is 15.2. The van der Waals surface area contributed by atoms with Gasteiger partial charge in [0.25, 0.3) is 0 Å². The topological polar surface area (TPSA) is 0 Å². The first-order valence-corrected chi connectivity index (χ1v) is 18.9. The van der Waals surface area contributed by atoms with Gasteiger partial charge >= 0.3 is 0 Å². The third kappa shape index (κ3) is 6.26. The van der Waals surface area contributed by atoms with Crippen molar-refractivity contribution in [3.05, 3.63) is 212 Å². The van der Waals surface area contributed by atoms with Gasteiger partial charge in [0, 0.05) is 19.6 Å². The Bertz CT molecular complexity index is 1600. The van der Waals surface area contributed by atoms with Gasteiger partial charge in [-0.05, 0) is 106 Å². The molecule has 222 valence electrons. The molecule has 0 N–H and O–H groups in total. The van der Waals surface area contributed by atoms with Crippen LogP contribution in [0.4, 0.5) is 0 Å². The number of hydrogen-bond acceptors (Lipinski definition) is 0. The van der Waals surface area contributed by atoms with Crippen LogP contribution < -0.4 is 0 Å². The fourth-order valence-electron chi connectivity index (χ4n) is 5.80. The van der Waals surface area contributed by atoms with Crippen LogP contribution in [-0.2, 0) is 0 Å². The maximum absolute atomic E-state index is 2.38. The van der Waals surface area contributed by atoms with Crippen molar-refractivity contribution in [2.24, 2.45) is 0 Å². The lowest BCUT2D eigenvalue weighted by molar-refractivity contribution is 1.24. The molecule has 0 aliphatic carbocycles. The van der Waals surface area contributed by atoms with E-state index >= 15 is 0 Å². The van der Waals surface area contributed by atoms with Crippen LogP contribution in [0.15, 0.2) is 247 Å². The summed E-state index contributed by atoms with van der Waals surface area (Å²) in [5.74, 6) is 0. The minimum Gasteiger partial charge on any atom is -0.163 e. The van der Waals surface area contributed by atoms with Gasteiger partial charge < -0.3 is 0 Å². The lowest BCUT2D eigenvalue weighted by Gasteiger charge is -2.42. The zero-order valence-electron chi connectivity index (χ0n) is 25.5. The number of rotatable bonds is 7. The minimum atomic E-state index is -1.51. The molecule has 0 radical (unpaired) electrons. The van der Waals surface area contributed by atoms with Crippen molar-refractivity contribution in [2.75, 3.05) is 6.26 Å². The minimum absolute atomic E-state index is 1.18. The highest BCUT2D eigenvalue weighted by molar-refractivity contribution is 8.34. The molecular weight excluding hydrogens is 581 g/mol. The van der Waals surface area contributed by atoms with E-state index in [2.05, 4.69) is 219 Å². The molecule has 2 heteroatoms. The average molecular weight is 619 g/mol. The summed E-state index contributed by atoms with van der Waals surface area (Å²) in [6.07, 6.45) is 2.38. The Morgan fingerprint density at radius 1 is 0.222 bits per heavy atom. The summed E-state index contributed by atoms with van der Waals surface area (Å²) < 4.78 is 0. The lowest BCUT2D eigenvalue weighted by atomic mass is 10.3. The highest BCUT2D eigenvalue weighted by Gasteiger charge is 2.32. The first-order chi connectivity index (χ1) is 22.2. The number of hydrogen-bond donors (Lipinski definition) is 0. The smallest absolute Gasteiger partial charge is 0.00229 e. The van der Waals surface area contributed by atoms with Crippen LogP contribution in [0.25, 0.3) is 0 Å². The first kappa shape index (κ1) is 30.3. The molecule has 0 heterocycles. The van der Waals surface area contributed by atoms with E-state index in [4.69, 9.17) is 0 Å². The van der Waals surface area contributed by atoms with Crippen LogP contribution in [0.3, 0.4) is 0 Å². The molecule has 0 aliphatic rings. The molecule has 0 unspecified atom stereocenters. The molecule has 0 spiro atoms. The van der Waals surface area contributed by atoms with Crippen molar-refractivity contribution in [2.45, 2.75) is 34.3 Å². The van der Waals surface area contributed by atoms with Gasteiger partial charge in [0.2, 0.25) is 0 Å². The van der Waals surface area contributed by atoms with Crippen LogP contribution in [0.2, 0.25) is 0 Å². The van der Waals surface area contributed by atoms with E-state index in [0.29, 0.717) is 0 Å². The van der Waals surface area contributed by atoms with E-state index in [0.717, 1.165) is 0 Å². The molecule has 7 aromatic rings. The molecule has 0 saturated carbocycles. The standard InChI is InChI=1S/C24H20S.C19H18S/c1-5-13-21(14-6-1)25(22-15-7-2-8-16-22,23-17-9-3-10-18-23)24-19-11-4-12-20-24;1-20(17-11-5-2-6-12-17,18-13-7-3-8-14-18)19-15-9-4-10-16-19/h1-20H;2-16H,1H3. The Balaban J connectivity index is 0.000000163. The van der Waals surface area contributed by atoms with Crippen molar-refractivity contribution >= 4 is 20.1 Å². The molecule has 7 rings (SSSR count). The fourth-order valence-corrected chi connectivity index (χ4v) is 12.6. The summed E-state index contributed by atoms with van der Waals surface area (Å²) >= 11 is 0. The van der Waals surface area contributed by atoms with Gasteiger partial charge in [0.05, 0.1) is 0 Å². The Hall–Kier alpha value is -4.76. The Morgan fingerprint density at radius 2 is 0.378 bits per heavy atom. The lowest BCUT2D eigenvalue weighted by Crippen LogP contribution is -2.04. The fraction of sp³-hybridized carbons (Fsp3) is 0.0233. The predicted octanol–water partition coefficient (Wildman–Crippen LogP) is 12.6. The van der Waals surface area contributed by atoms with Gasteiger partial charge in [-0.1, -0.05) is 127 Å². The SMILES string of the molecule is CS(c1ccccc1)(c1ccccc1)c1ccccc1.c1ccc(S(c2ccccc2)(c2ccccc2)c2ccccc2)cc1. The van der Waals surface area contributed by atoms with E-state index in [1.165, 1.54) is 34.3 Å². The van der Waals surface area contributed by atoms with Crippen LogP contribution >= 0.6 is 20.1 Å². The van der Waals surface area contributed by atoms with Gasteiger partial charge in [-0.2, -0.15) is 10.0 Å². The molecule has 0 aromatic heterocycles. The molecule has 0 fully saturated rings. The highest BCUT2D eigenvalue weighted by atomic mass is 32.3. The summed E-state index contributed by atoms with van der Waals surface area (Å²) in [6.45, 7) is 0. The van der Waals surface area contributed by atoms with Gasteiger partial charge in [-0.3, -0.25) is 0 Å². The third-order valence-corrected chi connectivity index (χ3v) is 15.6. The molecule has 0 saturated heterocycles. The summed E-state index contributed by atoms with van der Waals surface area (Å²) in [4.78, 5) is 9.64. The summed E-state index contributed by atoms with van der Waals surface area (Å²) in [6, 6.07) is 76.2. The zero-order valence-corrected chi connectivity index (χ0v) is 27.2. The quantitative estimate of drug-likeness (QED) is 0.167. The Labute approximate surface area is 271 Å². The zero-order chi connectivity index (χ0) is 30.8. The normalized spacial score (nSPS) is 11.9. The molecule has 0 nitrogen and oxygen atoms in total. The molecule has 0 aliphatic heterocycles. The van der Waals surface area contributed by atoms with E-state index in [9.17, 15) is 0 Å². The highest BCUT2D eigenvalue weighted by Crippen LogP contribution is 2.73. The van der Waals surface area contributed by atoms with E-state index in [-0.39, 0.29) is 0 Å². The van der Waals surface area contributed by atoms with Gasteiger partial charge in [0.15, 0.2) is 0 Å². The van der Waals surface area contributed by atoms with Crippen molar-refractivity contribution < 1.29 is 0 Å². The van der Waals surface area contributed by atoms with E-state index in [1.54, 1.807) is 0 Å². The molecule has 0 atom stereocenters. The van der Waals surface area contributed by atoms with Crippen LogP contribution in [-0.4, -0.2) is 6.26 Å². The third-order valence-electron chi connectivity index (χ3n) is 8.03. The Kier molecular flexibility index (Phi) is 9.65. The molecule has 0 bridgehead atoms. The Morgan fingerprint density at radius 3 is 0.556 bits per heavy atom. The van der Waals surface area contributed by atoms with Crippen LogP contribution in [0.5, 0.6) is 0 Å². The molecule has 0 amide bonds. The number of benzene rings is 7. The van der Waals surface area contributed by atoms with E-state index in [1.807, 2.05) is 0 Å². The van der Waals surface area contributed by atoms with Crippen LogP contribution in [0, 0.1) is 0 Å². The molecule has 45 heavy (non-hydrogen) atoms. The van der Waals surface area contributed by atoms with Crippen molar-refractivity contribution in [1.29, 1.82) is 0 Å². The molecular formula is C43H38S2. The van der Waals surface area contributed by atoms with Crippen LogP contribution in [0.1, 0.15) is 0 Å². The summed E-state index contributed by atoms with van der Waals surface area (Å²) in [5, 5.41) is 0. The predicted molar refractivity (Wildman–Crippen MR) is 194 cm³/mol. The maximum atomic E-state index is 2.38. The van der Waals surface area contributed by atoms with Gasteiger partial charge in [0.1, 0.15) is 0 Å². The van der Waals surface area contributed by atoms with Gasteiger partial charge in [-0.25, -0.2) is 0 Å². The second kappa shape index (κ2) is 14.3. The molecule has 7 aromatic carbocycles. The van der Waals surface area contributed by atoms with Crippen molar-refractivity contribution in [3.8, 4) is 0 Å². The van der Waals surface area contributed by atoms with Crippen molar-refractivity contribution in [3.63, 3.8) is 0 Å². The van der Waals surface area contributed by atoms with E-state index < -0.39 is 20.1 Å².